The number of piperazine rings is 1. The fourth-order valence-corrected chi connectivity index (χ4v) is 4.78. The normalized spacial score (nSPS) is 16.8. The number of aryl methyl sites for hydroxylation is 1. The van der Waals surface area contributed by atoms with Crippen molar-refractivity contribution in [2.45, 2.75) is 18.4 Å². The van der Waals surface area contributed by atoms with E-state index in [0.717, 1.165) is 11.1 Å². The van der Waals surface area contributed by atoms with E-state index in [0.29, 0.717) is 54.1 Å². The van der Waals surface area contributed by atoms with Crippen LogP contribution in [0, 0.1) is 6.92 Å². The molecule has 6 nitrogen and oxygen atoms in total. The summed E-state index contributed by atoms with van der Waals surface area (Å²) in [6, 6.07) is 12.3. The molecule has 4 rings (SSSR count). The standard InChI is InChI=1S/C19H20ClN3O3S/c1-14-2-5-16(6-3-14)27(24,25)23-10-8-22(9-11-23)13-19-21-17-7-4-15(20)12-18(17)26-19/h2-7,12H,8-11,13H2,1H3. The highest BCUT2D eigenvalue weighted by Crippen LogP contribution is 2.22. The smallest absolute Gasteiger partial charge is 0.243 e. The Hall–Kier alpha value is -1.93. The van der Waals surface area contributed by atoms with E-state index < -0.39 is 10.0 Å². The van der Waals surface area contributed by atoms with Crippen molar-refractivity contribution in [1.82, 2.24) is 14.2 Å². The van der Waals surface area contributed by atoms with Gasteiger partial charge < -0.3 is 4.42 Å². The number of oxazole rings is 1. The molecule has 0 aliphatic carbocycles. The summed E-state index contributed by atoms with van der Waals surface area (Å²) in [5.41, 5.74) is 2.48. The molecule has 1 aliphatic heterocycles. The second-order valence-electron chi connectivity index (χ2n) is 6.71. The van der Waals surface area contributed by atoms with Gasteiger partial charge in [-0.2, -0.15) is 4.31 Å². The van der Waals surface area contributed by atoms with Crippen LogP contribution >= 0.6 is 11.6 Å². The minimum atomic E-state index is -3.45. The van der Waals surface area contributed by atoms with E-state index in [-0.39, 0.29) is 0 Å². The summed E-state index contributed by atoms with van der Waals surface area (Å²) >= 11 is 5.98. The lowest BCUT2D eigenvalue weighted by Crippen LogP contribution is -2.48. The third kappa shape index (κ3) is 3.87. The minimum absolute atomic E-state index is 0.345. The highest BCUT2D eigenvalue weighted by atomic mass is 35.5. The van der Waals surface area contributed by atoms with Crippen LogP contribution in [-0.2, 0) is 16.6 Å². The molecule has 0 spiro atoms. The van der Waals surface area contributed by atoms with Crippen molar-refractivity contribution in [1.29, 1.82) is 0 Å². The second-order valence-corrected chi connectivity index (χ2v) is 9.09. The van der Waals surface area contributed by atoms with Crippen LogP contribution in [0.5, 0.6) is 0 Å². The van der Waals surface area contributed by atoms with Gasteiger partial charge in [-0.1, -0.05) is 29.3 Å². The molecule has 1 aromatic heterocycles. The third-order valence-electron chi connectivity index (χ3n) is 4.74. The number of sulfonamides is 1. The van der Waals surface area contributed by atoms with Crippen LogP contribution in [0.4, 0.5) is 0 Å². The molecule has 0 atom stereocenters. The Morgan fingerprint density at radius 1 is 1.07 bits per heavy atom. The van der Waals surface area contributed by atoms with Crippen LogP contribution in [0.3, 0.4) is 0 Å². The zero-order chi connectivity index (χ0) is 19.0. The summed E-state index contributed by atoms with van der Waals surface area (Å²) < 4.78 is 32.9. The summed E-state index contributed by atoms with van der Waals surface area (Å²) in [6.45, 7) is 4.64. The molecule has 1 aliphatic rings. The minimum Gasteiger partial charge on any atom is -0.439 e. The van der Waals surface area contributed by atoms with Crippen LogP contribution in [0.25, 0.3) is 11.1 Å². The molecule has 0 N–H and O–H groups in total. The maximum atomic E-state index is 12.8. The molecular weight excluding hydrogens is 386 g/mol. The highest BCUT2D eigenvalue weighted by Gasteiger charge is 2.28. The molecule has 0 amide bonds. The van der Waals surface area contributed by atoms with E-state index in [1.807, 2.05) is 25.1 Å². The summed E-state index contributed by atoms with van der Waals surface area (Å²) in [7, 11) is -3.45. The maximum absolute atomic E-state index is 12.8. The zero-order valence-electron chi connectivity index (χ0n) is 14.9. The summed E-state index contributed by atoms with van der Waals surface area (Å²) in [4.78, 5) is 6.96. The van der Waals surface area contributed by atoms with Gasteiger partial charge in [0.15, 0.2) is 5.58 Å². The van der Waals surface area contributed by atoms with Crippen LogP contribution in [0.15, 0.2) is 51.8 Å². The molecule has 2 aromatic carbocycles. The van der Waals surface area contributed by atoms with Gasteiger partial charge in [0.05, 0.1) is 11.4 Å². The van der Waals surface area contributed by atoms with E-state index in [2.05, 4.69) is 9.88 Å². The predicted molar refractivity (Wildman–Crippen MR) is 104 cm³/mol. The highest BCUT2D eigenvalue weighted by molar-refractivity contribution is 7.89. The SMILES string of the molecule is Cc1ccc(S(=O)(=O)N2CCN(Cc3nc4ccc(Cl)cc4o3)CC2)cc1. The van der Waals surface area contributed by atoms with Crippen molar-refractivity contribution in [3.63, 3.8) is 0 Å². The van der Waals surface area contributed by atoms with Crippen molar-refractivity contribution in [2.75, 3.05) is 26.2 Å². The number of rotatable bonds is 4. The van der Waals surface area contributed by atoms with Crippen LogP contribution in [-0.4, -0.2) is 48.8 Å². The Bertz CT molecular complexity index is 1060. The predicted octanol–water partition coefficient (Wildman–Crippen LogP) is 3.30. The van der Waals surface area contributed by atoms with Crippen LogP contribution in [0.2, 0.25) is 5.02 Å². The van der Waals surface area contributed by atoms with Gasteiger partial charge in [0.2, 0.25) is 15.9 Å². The van der Waals surface area contributed by atoms with Crippen LogP contribution < -0.4 is 0 Å². The lowest BCUT2D eigenvalue weighted by Gasteiger charge is -2.33. The molecule has 0 saturated carbocycles. The average molecular weight is 406 g/mol. The molecule has 3 aromatic rings. The van der Waals surface area contributed by atoms with E-state index in [4.69, 9.17) is 16.0 Å². The van der Waals surface area contributed by atoms with Crippen LogP contribution in [0.1, 0.15) is 11.5 Å². The molecule has 2 heterocycles. The number of aromatic nitrogens is 1. The van der Waals surface area contributed by atoms with Gasteiger partial charge >= 0.3 is 0 Å². The number of hydrogen-bond acceptors (Lipinski definition) is 5. The number of hydrogen-bond donors (Lipinski definition) is 0. The Morgan fingerprint density at radius 2 is 1.78 bits per heavy atom. The fourth-order valence-electron chi connectivity index (χ4n) is 3.19. The Morgan fingerprint density at radius 3 is 2.48 bits per heavy atom. The first-order valence-electron chi connectivity index (χ1n) is 8.76. The largest absolute Gasteiger partial charge is 0.439 e. The lowest BCUT2D eigenvalue weighted by atomic mass is 10.2. The van der Waals surface area contributed by atoms with Gasteiger partial charge in [-0.05, 0) is 31.2 Å². The number of nitrogens with zero attached hydrogens (tertiary/aromatic N) is 3. The van der Waals surface area contributed by atoms with Crippen molar-refractivity contribution in [2.24, 2.45) is 0 Å². The number of fused-ring (bicyclic) bond motifs is 1. The number of halogens is 1. The number of benzene rings is 2. The molecule has 1 saturated heterocycles. The fraction of sp³-hybridized carbons (Fsp3) is 0.316. The van der Waals surface area contributed by atoms with Gasteiger partial charge in [-0.25, -0.2) is 13.4 Å². The van der Waals surface area contributed by atoms with Crippen molar-refractivity contribution < 1.29 is 12.8 Å². The molecular formula is C19H20ClN3O3S. The lowest BCUT2D eigenvalue weighted by molar-refractivity contribution is 0.169. The zero-order valence-corrected chi connectivity index (χ0v) is 16.5. The molecule has 0 radical (unpaired) electrons. The van der Waals surface area contributed by atoms with Gasteiger partial charge in [0.1, 0.15) is 5.52 Å². The first kappa shape index (κ1) is 18.4. The van der Waals surface area contributed by atoms with E-state index in [1.165, 1.54) is 0 Å². The first-order valence-corrected chi connectivity index (χ1v) is 10.6. The van der Waals surface area contributed by atoms with Gasteiger partial charge in [0.25, 0.3) is 0 Å². The quantitative estimate of drug-likeness (QED) is 0.666. The van der Waals surface area contributed by atoms with Gasteiger partial charge in [-0.15, -0.1) is 0 Å². The van der Waals surface area contributed by atoms with E-state index in [9.17, 15) is 8.42 Å². The van der Waals surface area contributed by atoms with E-state index >= 15 is 0 Å². The van der Waals surface area contributed by atoms with E-state index in [1.54, 1.807) is 28.6 Å². The first-order chi connectivity index (χ1) is 12.9. The summed E-state index contributed by atoms with van der Waals surface area (Å²) in [6.07, 6.45) is 0. The topological polar surface area (TPSA) is 66.7 Å². The monoisotopic (exact) mass is 405 g/mol. The Kier molecular flexibility index (Phi) is 4.94. The maximum Gasteiger partial charge on any atom is 0.243 e. The van der Waals surface area contributed by atoms with Crippen molar-refractivity contribution >= 4 is 32.7 Å². The molecule has 27 heavy (non-hydrogen) atoms. The Balaban J connectivity index is 1.41. The second kappa shape index (κ2) is 7.24. The van der Waals surface area contributed by atoms with Crippen molar-refractivity contribution in [3.8, 4) is 0 Å². The Labute approximate surface area is 163 Å². The van der Waals surface area contributed by atoms with Gasteiger partial charge in [-0.3, -0.25) is 4.90 Å². The molecule has 0 bridgehead atoms. The van der Waals surface area contributed by atoms with Gasteiger partial charge in [0, 0.05) is 37.3 Å². The molecule has 1 fully saturated rings. The summed E-state index contributed by atoms with van der Waals surface area (Å²) in [5.74, 6) is 0.613. The average Bonchev–Trinajstić information content (AvgIpc) is 3.04. The molecule has 0 unspecified atom stereocenters. The molecule has 142 valence electrons. The van der Waals surface area contributed by atoms with Crippen molar-refractivity contribution in [3.05, 3.63) is 58.9 Å². The summed E-state index contributed by atoms with van der Waals surface area (Å²) in [5, 5.41) is 0.611. The third-order valence-corrected chi connectivity index (χ3v) is 6.89. The molecule has 8 heteroatoms.